The predicted molar refractivity (Wildman–Crippen MR) is 111 cm³/mol. The fourth-order valence-electron chi connectivity index (χ4n) is 3.81. The van der Waals surface area contributed by atoms with E-state index in [0.717, 1.165) is 31.9 Å². The summed E-state index contributed by atoms with van der Waals surface area (Å²) in [5, 5.41) is 2.77. The van der Waals surface area contributed by atoms with Crippen LogP contribution in [-0.4, -0.2) is 49.2 Å². The first-order valence-electron chi connectivity index (χ1n) is 9.75. The third-order valence-electron chi connectivity index (χ3n) is 5.52. The standard InChI is InChI=1S/C22H25FN4O/c1-15(2)26-9-11-27(12-10-26)18-6-4-17(5-7-18)24-14-20-19-13-16(23)3-8-21(19)25-22(20)28/h3-8,13-15,20H,9-12H2,1-2H3,(H,25,28). The minimum Gasteiger partial charge on any atom is -0.369 e. The smallest absolute Gasteiger partial charge is 0.237 e. The van der Waals surface area contributed by atoms with E-state index in [-0.39, 0.29) is 11.7 Å². The van der Waals surface area contributed by atoms with Crippen LogP contribution in [0.2, 0.25) is 0 Å². The first-order chi connectivity index (χ1) is 13.5. The van der Waals surface area contributed by atoms with Crippen LogP contribution in [0, 0.1) is 5.82 Å². The Morgan fingerprint density at radius 1 is 1.11 bits per heavy atom. The number of anilines is 2. The van der Waals surface area contributed by atoms with E-state index in [0.29, 0.717) is 17.3 Å². The number of hydrogen-bond acceptors (Lipinski definition) is 4. The summed E-state index contributed by atoms with van der Waals surface area (Å²) in [6, 6.07) is 13.0. The van der Waals surface area contributed by atoms with E-state index in [1.54, 1.807) is 12.3 Å². The van der Waals surface area contributed by atoms with Gasteiger partial charge in [0, 0.05) is 49.8 Å². The third-order valence-corrected chi connectivity index (χ3v) is 5.52. The lowest BCUT2D eigenvalue weighted by atomic mass is 10.0. The number of carbonyl (C=O) groups is 1. The number of hydrogen-bond donors (Lipinski definition) is 1. The van der Waals surface area contributed by atoms with Crippen LogP contribution in [0.25, 0.3) is 0 Å². The zero-order valence-corrected chi connectivity index (χ0v) is 16.2. The highest BCUT2D eigenvalue weighted by atomic mass is 19.1. The summed E-state index contributed by atoms with van der Waals surface area (Å²) in [4.78, 5) is 21.5. The summed E-state index contributed by atoms with van der Waals surface area (Å²) in [6.07, 6.45) is 1.59. The van der Waals surface area contributed by atoms with E-state index in [9.17, 15) is 9.18 Å². The number of fused-ring (bicyclic) bond motifs is 1. The predicted octanol–water partition coefficient (Wildman–Crippen LogP) is 3.79. The second kappa shape index (κ2) is 7.72. The molecule has 146 valence electrons. The summed E-state index contributed by atoms with van der Waals surface area (Å²) in [5.74, 6) is -1.09. The highest BCUT2D eigenvalue weighted by molar-refractivity contribution is 6.12. The van der Waals surface area contributed by atoms with Crippen LogP contribution in [0.4, 0.5) is 21.5 Å². The number of amides is 1. The molecule has 1 amide bonds. The van der Waals surface area contributed by atoms with Gasteiger partial charge in [0.1, 0.15) is 11.7 Å². The quantitative estimate of drug-likeness (QED) is 0.821. The Kier molecular flexibility index (Phi) is 5.13. The molecule has 0 aromatic heterocycles. The first-order valence-corrected chi connectivity index (χ1v) is 9.75. The van der Waals surface area contributed by atoms with Gasteiger partial charge >= 0.3 is 0 Å². The van der Waals surface area contributed by atoms with Crippen LogP contribution in [0.1, 0.15) is 25.3 Å². The second-order valence-electron chi connectivity index (χ2n) is 7.61. The van der Waals surface area contributed by atoms with Crippen LogP contribution in [0.5, 0.6) is 0 Å². The molecule has 2 aromatic carbocycles. The van der Waals surface area contributed by atoms with Crippen molar-refractivity contribution < 1.29 is 9.18 Å². The first kappa shape index (κ1) is 18.6. The minimum absolute atomic E-state index is 0.177. The van der Waals surface area contributed by atoms with Crippen molar-refractivity contribution in [3.05, 3.63) is 53.8 Å². The molecule has 0 saturated carbocycles. The van der Waals surface area contributed by atoms with Gasteiger partial charge < -0.3 is 10.2 Å². The molecule has 2 aliphatic rings. The molecule has 1 fully saturated rings. The maximum absolute atomic E-state index is 13.5. The molecule has 0 radical (unpaired) electrons. The summed E-state index contributed by atoms with van der Waals surface area (Å²) in [7, 11) is 0. The largest absolute Gasteiger partial charge is 0.369 e. The van der Waals surface area contributed by atoms with Crippen LogP contribution in [0.15, 0.2) is 47.5 Å². The third kappa shape index (κ3) is 3.78. The molecule has 0 aliphatic carbocycles. The Morgan fingerprint density at radius 3 is 2.50 bits per heavy atom. The van der Waals surface area contributed by atoms with Crippen molar-refractivity contribution in [1.82, 2.24) is 4.90 Å². The molecule has 2 aliphatic heterocycles. The molecular weight excluding hydrogens is 355 g/mol. The van der Waals surface area contributed by atoms with Gasteiger partial charge in [-0.1, -0.05) is 0 Å². The molecule has 4 rings (SSSR count). The molecule has 2 aromatic rings. The molecule has 28 heavy (non-hydrogen) atoms. The molecule has 1 saturated heterocycles. The van der Waals surface area contributed by atoms with Crippen molar-refractivity contribution in [2.24, 2.45) is 4.99 Å². The Balaban J connectivity index is 1.43. The van der Waals surface area contributed by atoms with Crippen LogP contribution < -0.4 is 10.2 Å². The van der Waals surface area contributed by atoms with Gasteiger partial charge in [-0.3, -0.25) is 14.7 Å². The monoisotopic (exact) mass is 380 g/mol. The lowest BCUT2D eigenvalue weighted by molar-refractivity contribution is -0.115. The topological polar surface area (TPSA) is 47.9 Å². The van der Waals surface area contributed by atoms with Crippen molar-refractivity contribution in [3.8, 4) is 0 Å². The van der Waals surface area contributed by atoms with Crippen molar-refractivity contribution in [1.29, 1.82) is 0 Å². The molecule has 1 atom stereocenters. The molecule has 1 N–H and O–H groups in total. The number of rotatable bonds is 4. The van der Waals surface area contributed by atoms with E-state index in [1.807, 2.05) is 12.1 Å². The van der Waals surface area contributed by atoms with E-state index in [1.165, 1.54) is 17.8 Å². The fourth-order valence-corrected chi connectivity index (χ4v) is 3.81. The molecule has 5 nitrogen and oxygen atoms in total. The number of nitrogens with zero attached hydrogens (tertiary/aromatic N) is 3. The summed E-state index contributed by atoms with van der Waals surface area (Å²) >= 11 is 0. The Morgan fingerprint density at radius 2 is 1.82 bits per heavy atom. The van der Waals surface area contributed by atoms with E-state index < -0.39 is 5.92 Å². The summed E-state index contributed by atoms with van der Waals surface area (Å²) < 4.78 is 13.5. The van der Waals surface area contributed by atoms with E-state index in [4.69, 9.17) is 0 Å². The maximum atomic E-state index is 13.5. The van der Waals surface area contributed by atoms with Crippen LogP contribution in [0.3, 0.4) is 0 Å². The molecular formula is C22H25FN4O. The number of aliphatic imine (C=N–C) groups is 1. The number of piperazine rings is 1. The zero-order chi connectivity index (χ0) is 19.7. The van der Waals surface area contributed by atoms with Gasteiger partial charge in [0.25, 0.3) is 0 Å². The van der Waals surface area contributed by atoms with Crippen LogP contribution in [-0.2, 0) is 4.79 Å². The number of nitrogens with one attached hydrogen (secondary N) is 1. The second-order valence-corrected chi connectivity index (χ2v) is 7.61. The van der Waals surface area contributed by atoms with Gasteiger partial charge in [0.15, 0.2) is 0 Å². The van der Waals surface area contributed by atoms with Gasteiger partial charge in [0.2, 0.25) is 5.91 Å². The molecule has 2 heterocycles. The van der Waals surface area contributed by atoms with Gasteiger partial charge in [-0.15, -0.1) is 0 Å². The van der Waals surface area contributed by atoms with Crippen molar-refractivity contribution in [3.63, 3.8) is 0 Å². The van der Waals surface area contributed by atoms with Crippen LogP contribution >= 0.6 is 0 Å². The lowest BCUT2D eigenvalue weighted by Crippen LogP contribution is -2.48. The van der Waals surface area contributed by atoms with Gasteiger partial charge in [-0.2, -0.15) is 0 Å². The van der Waals surface area contributed by atoms with Gasteiger partial charge in [-0.25, -0.2) is 4.39 Å². The lowest BCUT2D eigenvalue weighted by Gasteiger charge is -2.38. The highest BCUT2D eigenvalue weighted by Gasteiger charge is 2.29. The Bertz CT molecular complexity index is 886. The Labute approximate surface area is 164 Å². The zero-order valence-electron chi connectivity index (χ0n) is 16.2. The maximum Gasteiger partial charge on any atom is 0.237 e. The van der Waals surface area contributed by atoms with Gasteiger partial charge in [-0.05, 0) is 61.9 Å². The van der Waals surface area contributed by atoms with Crippen molar-refractivity contribution in [2.45, 2.75) is 25.8 Å². The van der Waals surface area contributed by atoms with Crippen molar-refractivity contribution in [2.75, 3.05) is 36.4 Å². The summed E-state index contributed by atoms with van der Waals surface area (Å²) in [6.45, 7) is 8.66. The average Bonchev–Trinajstić information content (AvgIpc) is 3.01. The van der Waals surface area contributed by atoms with Gasteiger partial charge in [0.05, 0.1) is 5.69 Å². The molecule has 0 spiro atoms. The fraction of sp³-hybridized carbons (Fsp3) is 0.364. The van der Waals surface area contributed by atoms with E-state index in [2.05, 4.69) is 46.1 Å². The van der Waals surface area contributed by atoms with E-state index >= 15 is 0 Å². The molecule has 6 heteroatoms. The molecule has 1 unspecified atom stereocenters. The highest BCUT2D eigenvalue weighted by Crippen LogP contribution is 2.32. The summed E-state index contributed by atoms with van der Waals surface area (Å²) in [5.41, 5.74) is 3.25. The number of benzene rings is 2. The van der Waals surface area contributed by atoms with Crippen molar-refractivity contribution >= 4 is 29.2 Å². The molecule has 0 bridgehead atoms. The number of carbonyl (C=O) groups excluding carboxylic acids is 1. The number of halogens is 1. The minimum atomic E-state index is -0.561. The Hall–Kier alpha value is -2.73. The SMILES string of the molecule is CC(C)N1CCN(c2ccc(N=CC3C(=O)Nc4ccc(F)cc43)cc2)CC1. The average molecular weight is 380 g/mol. The normalized spacial score (nSPS) is 20.1.